The van der Waals surface area contributed by atoms with Gasteiger partial charge in [0.05, 0.1) is 17.5 Å². The predicted molar refractivity (Wildman–Crippen MR) is 117 cm³/mol. The number of hydrogen-bond acceptors (Lipinski definition) is 5. The maximum Gasteiger partial charge on any atom is 0.285 e. The predicted octanol–water partition coefficient (Wildman–Crippen LogP) is 2.98. The molecule has 29 heavy (non-hydrogen) atoms. The van der Waals surface area contributed by atoms with Gasteiger partial charge in [-0.1, -0.05) is 36.0 Å². The number of sulfone groups is 1. The first-order valence-electron chi connectivity index (χ1n) is 9.35. The zero-order chi connectivity index (χ0) is 20.6. The van der Waals surface area contributed by atoms with Gasteiger partial charge in [0.25, 0.3) is 5.91 Å². The molecule has 0 N–H and O–H groups in total. The third-order valence-corrected chi connectivity index (χ3v) is 8.37. The summed E-state index contributed by atoms with van der Waals surface area (Å²) in [5.41, 5.74) is 3.12. The molecule has 1 amide bonds. The van der Waals surface area contributed by atoms with E-state index in [4.69, 9.17) is 4.74 Å². The number of amides is 1. The van der Waals surface area contributed by atoms with E-state index in [1.54, 1.807) is 12.1 Å². The van der Waals surface area contributed by atoms with Crippen LogP contribution in [-0.4, -0.2) is 48.9 Å². The Bertz CT molecular complexity index is 1070. The van der Waals surface area contributed by atoms with Crippen molar-refractivity contribution < 1.29 is 17.9 Å². The Labute approximate surface area is 174 Å². The van der Waals surface area contributed by atoms with E-state index < -0.39 is 15.7 Å². The van der Waals surface area contributed by atoms with Gasteiger partial charge in [0, 0.05) is 10.9 Å². The second kappa shape index (κ2) is 7.84. The van der Waals surface area contributed by atoms with E-state index in [0.29, 0.717) is 10.9 Å². The molecule has 0 aliphatic carbocycles. The first kappa shape index (κ1) is 20.0. The summed E-state index contributed by atoms with van der Waals surface area (Å²) in [6, 6.07) is 14.9. The van der Waals surface area contributed by atoms with Crippen molar-refractivity contribution in [3.63, 3.8) is 0 Å². The van der Waals surface area contributed by atoms with Crippen molar-refractivity contribution in [2.45, 2.75) is 25.1 Å². The summed E-state index contributed by atoms with van der Waals surface area (Å²) < 4.78 is 29.8. The van der Waals surface area contributed by atoms with Crippen LogP contribution in [0.3, 0.4) is 0 Å². The van der Waals surface area contributed by atoms with E-state index in [0.717, 1.165) is 16.8 Å². The fourth-order valence-electron chi connectivity index (χ4n) is 3.54. The minimum Gasteiger partial charge on any atom is -0.484 e. The molecule has 6 nitrogen and oxygen atoms in total. The molecular formula is C21H22N2O4S2. The molecule has 2 aromatic rings. The zero-order valence-corrected chi connectivity index (χ0v) is 17.9. The SMILES string of the molecule is Cc1ccc(N2C(=NC(=O)COc3ccccc3)S[C@H]3CS(=O)(=O)C[C@@H]32)cc1C. The summed E-state index contributed by atoms with van der Waals surface area (Å²) in [6.07, 6.45) is 0. The molecule has 0 aromatic heterocycles. The number of carbonyl (C=O) groups excluding carboxylic acids is 1. The van der Waals surface area contributed by atoms with Crippen LogP contribution in [0.25, 0.3) is 0 Å². The molecule has 2 aromatic carbocycles. The van der Waals surface area contributed by atoms with Crippen molar-refractivity contribution in [1.82, 2.24) is 0 Å². The zero-order valence-electron chi connectivity index (χ0n) is 16.2. The van der Waals surface area contributed by atoms with Crippen LogP contribution < -0.4 is 9.64 Å². The lowest BCUT2D eigenvalue weighted by molar-refractivity contribution is -0.119. The van der Waals surface area contributed by atoms with Gasteiger partial charge in [0.15, 0.2) is 21.6 Å². The van der Waals surface area contributed by atoms with Crippen molar-refractivity contribution in [2.24, 2.45) is 4.99 Å². The fraction of sp³-hybridized carbons (Fsp3) is 0.333. The van der Waals surface area contributed by atoms with Crippen LogP contribution in [0.15, 0.2) is 53.5 Å². The van der Waals surface area contributed by atoms with Crippen LogP contribution in [0.5, 0.6) is 5.75 Å². The van der Waals surface area contributed by atoms with Crippen LogP contribution in [0.2, 0.25) is 0 Å². The van der Waals surface area contributed by atoms with Gasteiger partial charge >= 0.3 is 0 Å². The average molecular weight is 431 g/mol. The minimum atomic E-state index is -3.09. The lowest BCUT2D eigenvalue weighted by atomic mass is 10.1. The number of ether oxygens (including phenoxy) is 1. The van der Waals surface area contributed by atoms with E-state index in [1.165, 1.54) is 11.8 Å². The smallest absolute Gasteiger partial charge is 0.285 e. The maximum atomic E-state index is 12.4. The number of benzene rings is 2. The molecule has 2 aliphatic rings. The quantitative estimate of drug-likeness (QED) is 0.742. The van der Waals surface area contributed by atoms with Crippen molar-refractivity contribution >= 4 is 38.4 Å². The molecule has 0 saturated carbocycles. The first-order valence-corrected chi connectivity index (χ1v) is 12.1. The molecule has 2 heterocycles. The molecule has 8 heteroatoms. The van der Waals surface area contributed by atoms with Gasteiger partial charge in [-0.25, -0.2) is 8.42 Å². The molecule has 2 saturated heterocycles. The van der Waals surface area contributed by atoms with Crippen molar-refractivity contribution in [2.75, 3.05) is 23.0 Å². The largest absolute Gasteiger partial charge is 0.484 e. The number of hydrogen-bond donors (Lipinski definition) is 0. The van der Waals surface area contributed by atoms with Gasteiger partial charge in [-0.3, -0.25) is 4.79 Å². The van der Waals surface area contributed by atoms with E-state index >= 15 is 0 Å². The van der Waals surface area contributed by atoms with E-state index in [1.807, 2.05) is 55.1 Å². The number of para-hydroxylation sites is 1. The Morgan fingerprint density at radius 3 is 2.62 bits per heavy atom. The Morgan fingerprint density at radius 1 is 1.14 bits per heavy atom. The van der Waals surface area contributed by atoms with Crippen LogP contribution >= 0.6 is 11.8 Å². The van der Waals surface area contributed by atoms with Crippen LogP contribution in [0.1, 0.15) is 11.1 Å². The number of fused-ring (bicyclic) bond motifs is 1. The van der Waals surface area contributed by atoms with Crippen LogP contribution in [0.4, 0.5) is 5.69 Å². The second-order valence-corrected chi connectivity index (χ2v) is 10.7. The Hall–Kier alpha value is -2.32. The number of amidine groups is 1. The van der Waals surface area contributed by atoms with Gasteiger partial charge < -0.3 is 9.64 Å². The van der Waals surface area contributed by atoms with Crippen LogP contribution in [-0.2, 0) is 14.6 Å². The number of anilines is 1. The molecule has 0 radical (unpaired) electrons. The normalized spacial score (nSPS) is 23.9. The lowest BCUT2D eigenvalue weighted by Gasteiger charge is -2.25. The molecule has 2 fully saturated rings. The molecule has 152 valence electrons. The maximum absolute atomic E-state index is 12.4. The number of rotatable bonds is 4. The Balaban J connectivity index is 1.59. The number of carbonyl (C=O) groups is 1. The molecule has 2 atom stereocenters. The van der Waals surface area contributed by atoms with Crippen LogP contribution in [0, 0.1) is 13.8 Å². The van der Waals surface area contributed by atoms with Gasteiger partial charge in [0.2, 0.25) is 0 Å². The highest BCUT2D eigenvalue weighted by Crippen LogP contribution is 2.41. The summed E-state index contributed by atoms with van der Waals surface area (Å²) in [4.78, 5) is 18.6. The summed E-state index contributed by atoms with van der Waals surface area (Å²) in [5, 5.41) is 0.419. The van der Waals surface area contributed by atoms with Gasteiger partial charge in [0.1, 0.15) is 5.75 Å². The third-order valence-electron chi connectivity index (χ3n) is 5.16. The van der Waals surface area contributed by atoms with E-state index in [2.05, 4.69) is 4.99 Å². The minimum absolute atomic E-state index is 0.0747. The van der Waals surface area contributed by atoms with E-state index in [-0.39, 0.29) is 29.4 Å². The standard InChI is InChI=1S/C21H22N2O4S2/c1-14-8-9-16(10-15(14)2)23-18-12-29(25,26)13-19(18)28-21(23)22-20(24)11-27-17-6-4-3-5-7-17/h3-10,18-19H,11-13H2,1-2H3/t18-,19-/m0/s1. The number of aliphatic imine (C=N–C) groups is 1. The Kier molecular flexibility index (Phi) is 5.40. The number of thioether (sulfide) groups is 1. The monoisotopic (exact) mass is 430 g/mol. The molecular weight excluding hydrogens is 408 g/mol. The van der Waals surface area contributed by atoms with Gasteiger partial charge in [-0.05, 0) is 49.2 Å². The van der Waals surface area contributed by atoms with Crippen molar-refractivity contribution in [1.29, 1.82) is 0 Å². The van der Waals surface area contributed by atoms with Crippen molar-refractivity contribution in [3.05, 3.63) is 59.7 Å². The summed E-state index contributed by atoms with van der Waals surface area (Å²) in [6.45, 7) is 3.88. The summed E-state index contributed by atoms with van der Waals surface area (Å²) in [5.74, 6) is 0.394. The van der Waals surface area contributed by atoms with Gasteiger partial charge in [-0.15, -0.1) is 0 Å². The number of nitrogens with zero attached hydrogens (tertiary/aromatic N) is 2. The average Bonchev–Trinajstić information content (AvgIpc) is 3.14. The molecule has 0 unspecified atom stereocenters. The lowest BCUT2D eigenvalue weighted by Crippen LogP contribution is -2.38. The van der Waals surface area contributed by atoms with Gasteiger partial charge in [-0.2, -0.15) is 4.99 Å². The summed E-state index contributed by atoms with van der Waals surface area (Å²) in [7, 11) is -3.09. The highest BCUT2D eigenvalue weighted by atomic mass is 32.2. The third kappa shape index (κ3) is 4.33. The molecule has 4 rings (SSSR count). The Morgan fingerprint density at radius 2 is 1.90 bits per heavy atom. The number of aryl methyl sites for hydroxylation is 2. The molecule has 2 aliphatic heterocycles. The second-order valence-electron chi connectivity index (χ2n) is 7.33. The molecule has 0 bridgehead atoms. The first-order chi connectivity index (χ1) is 13.8. The molecule has 0 spiro atoms. The highest BCUT2D eigenvalue weighted by molar-refractivity contribution is 8.16. The fourth-order valence-corrected chi connectivity index (χ4v) is 7.47. The summed E-state index contributed by atoms with van der Waals surface area (Å²) >= 11 is 1.37. The van der Waals surface area contributed by atoms with Crippen molar-refractivity contribution in [3.8, 4) is 5.75 Å². The highest BCUT2D eigenvalue weighted by Gasteiger charge is 2.49. The van der Waals surface area contributed by atoms with E-state index in [9.17, 15) is 13.2 Å². The topological polar surface area (TPSA) is 76.0 Å².